The highest BCUT2D eigenvalue weighted by Gasteiger charge is 2.36. The summed E-state index contributed by atoms with van der Waals surface area (Å²) in [6, 6.07) is 1.24. The highest BCUT2D eigenvalue weighted by atomic mass is 79.9. The van der Waals surface area contributed by atoms with Crippen molar-refractivity contribution in [3.8, 4) is 0 Å². The minimum atomic E-state index is -0.604. The third-order valence-electron chi connectivity index (χ3n) is 3.30. The van der Waals surface area contributed by atoms with Crippen LogP contribution in [0.1, 0.15) is 6.42 Å². The van der Waals surface area contributed by atoms with Crippen LogP contribution in [0.15, 0.2) is 23.1 Å². The Morgan fingerprint density at radius 3 is 3.00 bits per heavy atom. The number of carbonyl (C=O) groups excluding carboxylic acids is 1. The number of nitrogens with two attached hydrogens (primary N) is 1. The number of carbonyl (C=O) groups is 1. The van der Waals surface area contributed by atoms with Gasteiger partial charge in [0, 0.05) is 23.6 Å². The summed E-state index contributed by atoms with van der Waals surface area (Å²) in [5, 5.41) is 9.78. The smallest absolute Gasteiger partial charge is 0.240 e. The van der Waals surface area contributed by atoms with Gasteiger partial charge in [-0.2, -0.15) is 0 Å². The van der Waals surface area contributed by atoms with Crippen molar-refractivity contribution >= 4 is 38.7 Å². The zero-order valence-electron chi connectivity index (χ0n) is 10.4. The fourth-order valence-electron chi connectivity index (χ4n) is 2.43. The van der Waals surface area contributed by atoms with Gasteiger partial charge in [0.1, 0.15) is 17.9 Å². The molecule has 0 saturated carbocycles. The van der Waals surface area contributed by atoms with Crippen molar-refractivity contribution in [1.82, 2.24) is 15.0 Å². The van der Waals surface area contributed by atoms with Crippen molar-refractivity contribution in [2.24, 2.45) is 5.73 Å². The summed E-state index contributed by atoms with van der Waals surface area (Å²) < 4.78 is 0.808. The molecule has 1 aliphatic heterocycles. The molecule has 0 radical (unpaired) electrons. The van der Waals surface area contributed by atoms with Gasteiger partial charge in [0.25, 0.3) is 0 Å². The van der Waals surface area contributed by atoms with E-state index < -0.39 is 18.1 Å². The minimum absolute atomic E-state index is 0.303. The van der Waals surface area contributed by atoms with E-state index in [-0.39, 0.29) is 0 Å². The van der Waals surface area contributed by atoms with Crippen molar-refractivity contribution < 1.29 is 9.90 Å². The number of halogens is 1. The largest absolute Gasteiger partial charge is 0.391 e. The molecule has 2 atom stereocenters. The lowest BCUT2D eigenvalue weighted by molar-refractivity contribution is -0.119. The van der Waals surface area contributed by atoms with Gasteiger partial charge in [0.05, 0.1) is 11.6 Å². The Bertz CT molecular complexity index is 680. The quantitative estimate of drug-likeness (QED) is 0.811. The molecule has 0 aromatic carbocycles. The first-order chi connectivity index (χ1) is 9.56. The molecule has 8 heteroatoms. The Balaban J connectivity index is 2.12. The zero-order chi connectivity index (χ0) is 14.3. The maximum atomic E-state index is 11.5. The lowest BCUT2D eigenvalue weighted by atomic mass is 10.2. The molecule has 3 rings (SSSR count). The molecule has 104 valence electrons. The Morgan fingerprint density at radius 1 is 1.45 bits per heavy atom. The van der Waals surface area contributed by atoms with E-state index in [9.17, 15) is 9.90 Å². The molecule has 0 aliphatic carbocycles. The van der Waals surface area contributed by atoms with Crippen LogP contribution in [0.3, 0.4) is 0 Å². The first kappa shape index (κ1) is 13.2. The molecule has 2 aromatic rings. The summed E-state index contributed by atoms with van der Waals surface area (Å²) in [5.41, 5.74) is 6.63. The molecule has 3 N–H and O–H groups in total. The van der Waals surface area contributed by atoms with Gasteiger partial charge in [-0.15, -0.1) is 0 Å². The number of aromatic nitrogens is 3. The second kappa shape index (κ2) is 4.95. The number of hydrogen-bond acceptors (Lipinski definition) is 6. The predicted molar refractivity (Wildman–Crippen MR) is 76.0 cm³/mol. The molecule has 1 fully saturated rings. The number of β-amino-alcohol motifs (C(OH)–C–C–N with tert-alkyl or cyclic N) is 1. The first-order valence-electron chi connectivity index (χ1n) is 6.06. The van der Waals surface area contributed by atoms with E-state index in [0.29, 0.717) is 29.8 Å². The van der Waals surface area contributed by atoms with Gasteiger partial charge >= 0.3 is 0 Å². The van der Waals surface area contributed by atoms with Gasteiger partial charge in [0.15, 0.2) is 5.82 Å². The number of pyridine rings is 1. The molecule has 0 bridgehead atoms. The zero-order valence-corrected chi connectivity index (χ0v) is 12.0. The molecular weight excluding hydrogens is 326 g/mol. The number of fused-ring (bicyclic) bond motifs is 1. The summed E-state index contributed by atoms with van der Waals surface area (Å²) >= 11 is 3.33. The van der Waals surface area contributed by atoms with Gasteiger partial charge in [0.2, 0.25) is 5.91 Å². The number of nitrogens with zero attached hydrogens (tertiary/aromatic N) is 4. The monoisotopic (exact) mass is 337 g/mol. The van der Waals surface area contributed by atoms with E-state index in [1.165, 1.54) is 6.33 Å². The molecule has 0 spiro atoms. The second-order valence-electron chi connectivity index (χ2n) is 4.68. The van der Waals surface area contributed by atoms with E-state index >= 15 is 0 Å². The molecule has 0 unspecified atom stereocenters. The Kier molecular flexibility index (Phi) is 3.27. The van der Waals surface area contributed by atoms with Crippen LogP contribution in [0.25, 0.3) is 11.0 Å². The van der Waals surface area contributed by atoms with Crippen molar-refractivity contribution in [1.29, 1.82) is 0 Å². The Hall–Kier alpha value is -1.80. The van der Waals surface area contributed by atoms with Crippen LogP contribution in [0.4, 0.5) is 5.82 Å². The Labute approximate surface area is 123 Å². The predicted octanol–water partition coefficient (Wildman–Crippen LogP) is 0.212. The summed E-state index contributed by atoms with van der Waals surface area (Å²) in [4.78, 5) is 25.9. The summed E-state index contributed by atoms with van der Waals surface area (Å²) in [6.07, 6.45) is 2.75. The van der Waals surface area contributed by atoms with Crippen LogP contribution in [-0.2, 0) is 4.79 Å². The minimum Gasteiger partial charge on any atom is -0.391 e. The molecule has 3 heterocycles. The highest BCUT2D eigenvalue weighted by molar-refractivity contribution is 9.10. The van der Waals surface area contributed by atoms with Crippen LogP contribution in [0.5, 0.6) is 0 Å². The highest BCUT2D eigenvalue weighted by Crippen LogP contribution is 2.29. The molecule has 7 nitrogen and oxygen atoms in total. The SMILES string of the molecule is NC(=O)[C@@H]1C[C@@H](O)CN1c1ncnc2cc(Br)cnc12. The van der Waals surface area contributed by atoms with E-state index in [0.717, 1.165) is 4.47 Å². The third-order valence-corrected chi connectivity index (χ3v) is 3.74. The topological polar surface area (TPSA) is 105 Å². The summed E-state index contributed by atoms with van der Waals surface area (Å²) in [6.45, 7) is 0.303. The number of aliphatic hydroxyl groups excluding tert-OH is 1. The van der Waals surface area contributed by atoms with Crippen molar-refractivity contribution in [2.45, 2.75) is 18.6 Å². The van der Waals surface area contributed by atoms with Gasteiger partial charge in [-0.3, -0.25) is 4.79 Å². The van der Waals surface area contributed by atoms with E-state index in [1.807, 2.05) is 6.07 Å². The van der Waals surface area contributed by atoms with Crippen LogP contribution in [-0.4, -0.2) is 44.7 Å². The average molecular weight is 338 g/mol. The Morgan fingerprint density at radius 2 is 2.25 bits per heavy atom. The number of anilines is 1. The van der Waals surface area contributed by atoms with E-state index in [2.05, 4.69) is 30.9 Å². The molecule has 1 aliphatic rings. The van der Waals surface area contributed by atoms with Crippen molar-refractivity contribution in [3.05, 3.63) is 23.1 Å². The third kappa shape index (κ3) is 2.20. The van der Waals surface area contributed by atoms with Gasteiger partial charge < -0.3 is 15.7 Å². The van der Waals surface area contributed by atoms with Crippen LogP contribution >= 0.6 is 15.9 Å². The molecular formula is C12H12BrN5O2. The number of rotatable bonds is 2. The maximum absolute atomic E-state index is 11.5. The number of hydrogen-bond donors (Lipinski definition) is 2. The van der Waals surface area contributed by atoms with Crippen molar-refractivity contribution in [3.63, 3.8) is 0 Å². The molecule has 1 saturated heterocycles. The van der Waals surface area contributed by atoms with Crippen LogP contribution in [0.2, 0.25) is 0 Å². The van der Waals surface area contributed by atoms with Gasteiger partial charge in [-0.25, -0.2) is 15.0 Å². The normalized spacial score (nSPS) is 22.4. The lowest BCUT2D eigenvalue weighted by Crippen LogP contribution is -2.41. The fourth-order valence-corrected chi connectivity index (χ4v) is 2.75. The summed E-state index contributed by atoms with van der Waals surface area (Å²) in [7, 11) is 0. The molecule has 2 aromatic heterocycles. The first-order valence-corrected chi connectivity index (χ1v) is 6.86. The van der Waals surface area contributed by atoms with Crippen LogP contribution < -0.4 is 10.6 Å². The molecule has 20 heavy (non-hydrogen) atoms. The molecule has 1 amide bonds. The fraction of sp³-hybridized carbons (Fsp3) is 0.333. The number of amides is 1. The summed E-state index contributed by atoms with van der Waals surface area (Å²) in [5.74, 6) is 0.0354. The van der Waals surface area contributed by atoms with E-state index in [1.54, 1.807) is 11.1 Å². The van der Waals surface area contributed by atoms with E-state index in [4.69, 9.17) is 5.73 Å². The number of aliphatic hydroxyl groups is 1. The second-order valence-corrected chi connectivity index (χ2v) is 5.59. The average Bonchev–Trinajstić information content (AvgIpc) is 2.80. The van der Waals surface area contributed by atoms with Gasteiger partial charge in [-0.1, -0.05) is 0 Å². The van der Waals surface area contributed by atoms with Crippen LogP contribution in [0, 0.1) is 0 Å². The lowest BCUT2D eigenvalue weighted by Gasteiger charge is -2.23. The van der Waals surface area contributed by atoms with Gasteiger partial charge in [-0.05, 0) is 22.0 Å². The number of primary amides is 1. The maximum Gasteiger partial charge on any atom is 0.240 e. The standard InChI is InChI=1S/C12H12BrN5O2/c13-6-1-8-10(15-3-6)12(17-5-16-8)18-4-7(19)2-9(18)11(14)20/h1,3,5,7,9,19H,2,4H2,(H2,14,20)/t7-,9+/m1/s1. The van der Waals surface area contributed by atoms with Crippen molar-refractivity contribution in [2.75, 3.05) is 11.4 Å².